The second kappa shape index (κ2) is 10.5. The fourth-order valence-electron chi connectivity index (χ4n) is 2.12. The average Bonchev–Trinajstić information content (AvgIpc) is 2.57. The fraction of sp³-hybridized carbons (Fsp3) is 0.556. The lowest BCUT2D eigenvalue weighted by Crippen LogP contribution is -2.46. The number of ether oxygens (including phenoxy) is 3. The van der Waals surface area contributed by atoms with E-state index in [9.17, 15) is 22.8 Å². The summed E-state index contributed by atoms with van der Waals surface area (Å²) < 4.78 is 52.6. The van der Waals surface area contributed by atoms with E-state index in [4.69, 9.17) is 14.2 Å². The molecule has 2 N–H and O–H groups in total. The maximum atomic E-state index is 12.6. The molecule has 0 saturated heterocycles. The van der Waals surface area contributed by atoms with Crippen LogP contribution >= 0.6 is 11.8 Å². The van der Waals surface area contributed by atoms with Gasteiger partial charge in [0, 0.05) is 29.6 Å². The van der Waals surface area contributed by atoms with Crippen molar-refractivity contribution < 1.29 is 37.0 Å². The Hall–Kier alpha value is -2.30. The number of amides is 2. The third kappa shape index (κ3) is 10.2. The molecule has 164 valence electrons. The van der Waals surface area contributed by atoms with Crippen molar-refractivity contribution in [2.24, 2.45) is 0 Å². The predicted octanol–water partition coefficient (Wildman–Crippen LogP) is 4.18. The summed E-state index contributed by atoms with van der Waals surface area (Å²) in [5.41, 5.74) is -4.97. The largest absolute Gasteiger partial charge is 0.497 e. The van der Waals surface area contributed by atoms with Crippen LogP contribution in [0.1, 0.15) is 27.2 Å². The van der Waals surface area contributed by atoms with E-state index >= 15 is 0 Å². The Bertz CT molecular complexity index is 685. The van der Waals surface area contributed by atoms with Crippen LogP contribution in [-0.2, 0) is 9.53 Å². The molecule has 29 heavy (non-hydrogen) atoms. The molecule has 11 heteroatoms. The van der Waals surface area contributed by atoms with Crippen LogP contribution in [0.5, 0.6) is 11.5 Å². The van der Waals surface area contributed by atoms with Crippen LogP contribution in [0.15, 0.2) is 18.2 Å². The number of rotatable bonds is 8. The van der Waals surface area contributed by atoms with Gasteiger partial charge in [0.2, 0.25) is 5.91 Å². The number of hydrogen-bond acceptors (Lipinski definition) is 6. The van der Waals surface area contributed by atoms with Crippen LogP contribution in [0.3, 0.4) is 0 Å². The van der Waals surface area contributed by atoms with E-state index in [2.05, 4.69) is 10.6 Å². The third-order valence-corrected chi connectivity index (χ3v) is 4.07. The Morgan fingerprint density at radius 3 is 2.07 bits per heavy atom. The maximum Gasteiger partial charge on any atom is 0.441 e. The second-order valence-corrected chi connectivity index (χ2v) is 8.03. The lowest BCUT2D eigenvalue weighted by Gasteiger charge is -2.23. The van der Waals surface area contributed by atoms with E-state index in [1.165, 1.54) is 26.4 Å². The van der Waals surface area contributed by atoms with E-state index in [0.29, 0.717) is 17.2 Å². The minimum atomic E-state index is -4.44. The summed E-state index contributed by atoms with van der Waals surface area (Å²) in [4.78, 5) is 24.6. The van der Waals surface area contributed by atoms with Gasteiger partial charge in [0.05, 0.1) is 14.2 Å². The molecule has 0 bridgehead atoms. The summed E-state index contributed by atoms with van der Waals surface area (Å²) >= 11 is -0.274. The van der Waals surface area contributed by atoms with E-state index in [0.717, 1.165) is 0 Å². The van der Waals surface area contributed by atoms with Gasteiger partial charge in [-0.15, -0.1) is 0 Å². The molecule has 0 spiro atoms. The molecular weight excluding hydrogens is 413 g/mol. The van der Waals surface area contributed by atoms with Gasteiger partial charge < -0.3 is 24.8 Å². The Kier molecular flexibility index (Phi) is 8.93. The zero-order valence-corrected chi connectivity index (χ0v) is 17.6. The van der Waals surface area contributed by atoms with Gasteiger partial charge in [-0.25, -0.2) is 4.79 Å². The number of thioether (sulfide) groups is 1. The highest BCUT2D eigenvalue weighted by Gasteiger charge is 2.30. The van der Waals surface area contributed by atoms with Crippen molar-refractivity contribution in [1.82, 2.24) is 5.32 Å². The highest BCUT2D eigenvalue weighted by molar-refractivity contribution is 8.00. The van der Waals surface area contributed by atoms with E-state index < -0.39 is 34.9 Å². The van der Waals surface area contributed by atoms with Crippen molar-refractivity contribution in [2.75, 3.05) is 25.3 Å². The Labute approximate surface area is 171 Å². The van der Waals surface area contributed by atoms with Gasteiger partial charge in [0.15, 0.2) is 0 Å². The number of alkyl carbamates (subject to hydrolysis) is 1. The monoisotopic (exact) mass is 438 g/mol. The topological polar surface area (TPSA) is 85.9 Å². The number of alkyl halides is 3. The first-order valence-corrected chi connectivity index (χ1v) is 9.55. The van der Waals surface area contributed by atoms with Crippen molar-refractivity contribution in [3.05, 3.63) is 18.2 Å². The standard InChI is InChI=1S/C18H25F3N2O5S/c1-17(2,3)28-16(25)23-14(6-7-29-18(19,20)21)15(24)22-11-8-12(26-4)10-13(9-11)27-5/h8-10,14H,6-7H2,1-5H3,(H,22,24)(H,23,25)/t14-/m0/s1. The molecule has 0 fully saturated rings. The third-order valence-electron chi connectivity index (χ3n) is 3.30. The number of hydrogen-bond donors (Lipinski definition) is 2. The molecule has 1 atom stereocenters. The first-order chi connectivity index (χ1) is 13.3. The molecule has 0 aromatic heterocycles. The van der Waals surface area contributed by atoms with E-state index in [-0.39, 0.29) is 18.2 Å². The molecule has 0 heterocycles. The van der Waals surface area contributed by atoms with Crippen LogP contribution < -0.4 is 20.1 Å². The van der Waals surface area contributed by atoms with Crippen molar-refractivity contribution in [1.29, 1.82) is 0 Å². The molecule has 1 rings (SSSR count). The molecule has 0 aliphatic carbocycles. The summed E-state index contributed by atoms with van der Waals surface area (Å²) in [6.45, 7) is 4.89. The molecule has 1 aromatic carbocycles. The molecule has 0 aliphatic rings. The number of carbonyl (C=O) groups is 2. The van der Waals surface area contributed by atoms with Crippen LogP contribution in [0, 0.1) is 0 Å². The Balaban J connectivity index is 2.92. The van der Waals surface area contributed by atoms with Gasteiger partial charge in [0.1, 0.15) is 23.1 Å². The Morgan fingerprint density at radius 2 is 1.62 bits per heavy atom. The first-order valence-electron chi connectivity index (χ1n) is 8.57. The number of methoxy groups -OCH3 is 2. The lowest BCUT2D eigenvalue weighted by atomic mass is 10.2. The smallest absolute Gasteiger partial charge is 0.441 e. The summed E-state index contributed by atoms with van der Waals surface area (Å²) in [7, 11) is 2.86. The Morgan fingerprint density at radius 1 is 1.07 bits per heavy atom. The molecule has 0 saturated carbocycles. The van der Waals surface area contributed by atoms with Gasteiger partial charge in [0.25, 0.3) is 0 Å². The van der Waals surface area contributed by atoms with Crippen molar-refractivity contribution in [3.63, 3.8) is 0 Å². The van der Waals surface area contributed by atoms with Gasteiger partial charge in [-0.3, -0.25) is 4.79 Å². The SMILES string of the molecule is COc1cc(NC(=O)[C@H](CCSC(F)(F)F)NC(=O)OC(C)(C)C)cc(OC)c1. The number of benzene rings is 1. The van der Waals surface area contributed by atoms with Gasteiger partial charge in [-0.1, -0.05) is 11.8 Å². The summed E-state index contributed by atoms with van der Waals surface area (Å²) in [5.74, 6) is -0.305. The molecule has 2 amide bonds. The summed E-state index contributed by atoms with van der Waals surface area (Å²) in [6.07, 6.45) is -1.16. The van der Waals surface area contributed by atoms with Crippen molar-refractivity contribution >= 4 is 29.4 Å². The molecule has 0 aliphatic heterocycles. The highest BCUT2D eigenvalue weighted by Crippen LogP contribution is 2.31. The molecule has 7 nitrogen and oxygen atoms in total. The van der Waals surface area contributed by atoms with E-state index in [1.807, 2.05) is 0 Å². The van der Waals surface area contributed by atoms with Crippen LogP contribution in [-0.4, -0.2) is 49.1 Å². The zero-order chi connectivity index (χ0) is 22.2. The molecule has 0 radical (unpaired) electrons. The lowest BCUT2D eigenvalue weighted by molar-refractivity contribution is -0.118. The van der Waals surface area contributed by atoms with Gasteiger partial charge in [-0.05, 0) is 27.2 Å². The second-order valence-electron chi connectivity index (χ2n) is 6.87. The zero-order valence-electron chi connectivity index (χ0n) is 16.8. The van der Waals surface area contributed by atoms with E-state index in [1.54, 1.807) is 26.8 Å². The maximum absolute atomic E-state index is 12.6. The normalized spacial score (nSPS) is 12.7. The van der Waals surface area contributed by atoms with Gasteiger partial charge >= 0.3 is 11.6 Å². The number of carbonyl (C=O) groups excluding carboxylic acids is 2. The minimum absolute atomic E-state index is 0.254. The van der Waals surface area contributed by atoms with Crippen molar-refractivity contribution in [3.8, 4) is 11.5 Å². The summed E-state index contributed by atoms with van der Waals surface area (Å²) in [5, 5.41) is 4.87. The number of anilines is 1. The minimum Gasteiger partial charge on any atom is -0.497 e. The number of nitrogens with one attached hydrogen (secondary N) is 2. The molecule has 1 aromatic rings. The van der Waals surface area contributed by atoms with Crippen LogP contribution in [0.25, 0.3) is 0 Å². The van der Waals surface area contributed by atoms with Crippen LogP contribution in [0.2, 0.25) is 0 Å². The quantitative estimate of drug-likeness (QED) is 0.633. The molecule has 0 unspecified atom stereocenters. The van der Waals surface area contributed by atoms with Gasteiger partial charge in [-0.2, -0.15) is 13.2 Å². The number of halogens is 3. The fourth-order valence-corrected chi connectivity index (χ4v) is 2.71. The summed E-state index contributed by atoms with van der Waals surface area (Å²) in [6, 6.07) is 3.37. The highest BCUT2D eigenvalue weighted by atomic mass is 32.2. The average molecular weight is 438 g/mol. The predicted molar refractivity (Wildman–Crippen MR) is 104 cm³/mol. The molecular formula is C18H25F3N2O5S. The van der Waals surface area contributed by atoms with Crippen molar-refractivity contribution in [2.45, 2.75) is 44.3 Å². The first kappa shape index (κ1) is 24.7. The van der Waals surface area contributed by atoms with Crippen LogP contribution in [0.4, 0.5) is 23.7 Å².